The van der Waals surface area contributed by atoms with Gasteiger partial charge in [-0.25, -0.2) is 4.79 Å². The fraction of sp³-hybridized carbons (Fsp3) is 0.700. The van der Waals surface area contributed by atoms with Gasteiger partial charge in [0.2, 0.25) is 5.91 Å². The number of rotatable bonds is 9. The smallest absolute Gasteiger partial charge is 0.386 e. The maximum atomic E-state index is 11.8. The second kappa shape index (κ2) is 10.7. The van der Waals surface area contributed by atoms with E-state index in [2.05, 4.69) is 10.1 Å². The van der Waals surface area contributed by atoms with Crippen LogP contribution in [-0.4, -0.2) is 48.6 Å². The molecule has 0 heterocycles. The highest BCUT2D eigenvalue weighted by atomic mass is 33.1. The summed E-state index contributed by atoms with van der Waals surface area (Å²) in [6.45, 7) is 0.917. The van der Waals surface area contributed by atoms with Crippen molar-refractivity contribution in [1.29, 1.82) is 0 Å². The third-order valence-electron chi connectivity index (χ3n) is 1.79. The van der Waals surface area contributed by atoms with Gasteiger partial charge in [-0.2, -0.15) is 13.2 Å². The molecule has 0 fully saturated rings. The van der Waals surface area contributed by atoms with E-state index in [-0.39, 0.29) is 6.42 Å². The Hall–Kier alpha value is -0.940. The van der Waals surface area contributed by atoms with Crippen LogP contribution >= 0.6 is 21.6 Å². The Morgan fingerprint density at radius 1 is 1.10 bits per heavy atom. The van der Waals surface area contributed by atoms with Crippen LogP contribution in [0.25, 0.3) is 0 Å². The van der Waals surface area contributed by atoms with Crippen LogP contribution in [-0.2, 0) is 19.1 Å². The number of nitrogens with two attached hydrogens (primary N) is 1. The minimum Gasteiger partial charge on any atom is -0.386 e. The molecule has 0 radical (unpaired) electrons. The summed E-state index contributed by atoms with van der Waals surface area (Å²) in [6.07, 6.45) is -6.16. The lowest BCUT2D eigenvalue weighted by Crippen LogP contribution is -2.29. The highest BCUT2D eigenvalue weighted by molar-refractivity contribution is 8.76. The molecule has 0 spiro atoms. The van der Waals surface area contributed by atoms with Crippen LogP contribution in [0.3, 0.4) is 0 Å². The molecule has 0 rings (SSSR count). The van der Waals surface area contributed by atoms with Gasteiger partial charge in [0.15, 0.2) is 0 Å². The number of amides is 1. The molecule has 0 aliphatic carbocycles. The molecule has 0 saturated heterocycles. The number of hydrogen-bond acceptors (Lipinski definition) is 7. The SMILES string of the molecule is NCCSSCCNC(=O)CCC(=O)OC(=O)C(F)(F)F. The Balaban J connectivity index is 3.69. The lowest BCUT2D eigenvalue weighted by Gasteiger charge is -2.06. The molecule has 0 aromatic heterocycles. The van der Waals surface area contributed by atoms with E-state index in [1.165, 1.54) is 10.8 Å². The molecule has 6 nitrogen and oxygen atoms in total. The highest BCUT2D eigenvalue weighted by Crippen LogP contribution is 2.19. The molecule has 0 unspecified atom stereocenters. The average molecular weight is 348 g/mol. The number of esters is 2. The van der Waals surface area contributed by atoms with Crippen molar-refractivity contribution in [3.8, 4) is 0 Å². The second-order valence-corrected chi connectivity index (χ2v) is 6.24. The van der Waals surface area contributed by atoms with Gasteiger partial charge in [-0.3, -0.25) is 9.59 Å². The van der Waals surface area contributed by atoms with Gasteiger partial charge >= 0.3 is 18.1 Å². The van der Waals surface area contributed by atoms with Crippen LogP contribution in [0.15, 0.2) is 0 Å². The summed E-state index contributed by atoms with van der Waals surface area (Å²) in [5, 5.41) is 2.48. The van der Waals surface area contributed by atoms with Crippen LogP contribution in [0.4, 0.5) is 13.2 Å². The van der Waals surface area contributed by atoms with Gasteiger partial charge in [0, 0.05) is 31.0 Å². The van der Waals surface area contributed by atoms with E-state index in [0.29, 0.717) is 18.8 Å². The number of carbonyl (C=O) groups excluding carboxylic acids is 3. The second-order valence-electron chi connectivity index (χ2n) is 3.54. The lowest BCUT2D eigenvalue weighted by molar-refractivity contribution is -0.201. The standard InChI is InChI=1S/C10H15F3N2O4S2/c11-10(12,13)9(18)19-8(17)2-1-7(16)15-4-6-21-20-5-3-14/h1-6,14H2,(H,15,16). The van der Waals surface area contributed by atoms with Crippen LogP contribution < -0.4 is 11.1 Å². The van der Waals surface area contributed by atoms with Crippen LogP contribution in [0.1, 0.15) is 12.8 Å². The predicted molar refractivity (Wildman–Crippen MR) is 73.4 cm³/mol. The van der Waals surface area contributed by atoms with Crippen molar-refractivity contribution >= 4 is 39.4 Å². The first kappa shape index (κ1) is 20.1. The van der Waals surface area contributed by atoms with Gasteiger partial charge in [0.25, 0.3) is 0 Å². The quantitative estimate of drug-likeness (QED) is 0.276. The van der Waals surface area contributed by atoms with Crippen molar-refractivity contribution < 1.29 is 32.3 Å². The third-order valence-corrected chi connectivity index (χ3v) is 4.23. The van der Waals surface area contributed by atoms with Gasteiger partial charge in [0.05, 0.1) is 6.42 Å². The molecule has 1 amide bonds. The van der Waals surface area contributed by atoms with Crippen molar-refractivity contribution in [2.45, 2.75) is 19.0 Å². The minimum absolute atomic E-state index is 0.343. The summed E-state index contributed by atoms with van der Waals surface area (Å²) in [6, 6.07) is 0. The monoisotopic (exact) mass is 348 g/mol. The first-order valence-corrected chi connectivity index (χ1v) is 8.29. The van der Waals surface area contributed by atoms with Gasteiger partial charge in [-0.15, -0.1) is 0 Å². The fourth-order valence-corrected chi connectivity index (χ4v) is 2.68. The minimum atomic E-state index is -5.23. The lowest BCUT2D eigenvalue weighted by atomic mass is 10.3. The molecule has 0 aliphatic rings. The molecule has 0 aromatic carbocycles. The molecule has 0 aromatic rings. The molecule has 0 saturated carbocycles. The summed E-state index contributed by atoms with van der Waals surface area (Å²) in [5.74, 6) is -3.05. The van der Waals surface area contributed by atoms with Crippen LogP contribution in [0, 0.1) is 0 Å². The highest BCUT2D eigenvalue weighted by Gasteiger charge is 2.42. The Kier molecular flexibility index (Phi) is 10.3. The number of nitrogens with one attached hydrogen (secondary N) is 1. The van der Waals surface area contributed by atoms with Gasteiger partial charge in [0.1, 0.15) is 0 Å². The number of alkyl halides is 3. The van der Waals surface area contributed by atoms with E-state index in [4.69, 9.17) is 5.73 Å². The van der Waals surface area contributed by atoms with Crippen molar-refractivity contribution in [3.05, 3.63) is 0 Å². The number of ether oxygens (including phenoxy) is 1. The molecular formula is C10H15F3N2O4S2. The predicted octanol–water partition coefficient (Wildman–Crippen LogP) is 0.855. The molecule has 122 valence electrons. The largest absolute Gasteiger partial charge is 0.491 e. The first-order chi connectivity index (χ1) is 9.77. The van der Waals surface area contributed by atoms with Crippen LogP contribution in [0.5, 0.6) is 0 Å². The molecule has 3 N–H and O–H groups in total. The van der Waals surface area contributed by atoms with E-state index in [1.54, 1.807) is 10.8 Å². The molecule has 0 bridgehead atoms. The maximum absolute atomic E-state index is 11.8. The van der Waals surface area contributed by atoms with Crippen molar-refractivity contribution in [2.75, 3.05) is 24.6 Å². The van der Waals surface area contributed by atoms with Gasteiger partial charge in [-0.1, -0.05) is 21.6 Å². The number of carbonyl (C=O) groups is 3. The summed E-state index contributed by atoms with van der Waals surface area (Å²) in [5.41, 5.74) is 5.28. The molecule has 11 heteroatoms. The Morgan fingerprint density at radius 3 is 2.29 bits per heavy atom. The molecule has 21 heavy (non-hydrogen) atoms. The zero-order chi connectivity index (χ0) is 16.3. The van der Waals surface area contributed by atoms with Crippen molar-refractivity contribution in [3.63, 3.8) is 0 Å². The molecule has 0 aliphatic heterocycles. The topological polar surface area (TPSA) is 98.5 Å². The summed E-state index contributed by atoms with van der Waals surface area (Å²) in [4.78, 5) is 32.5. The van der Waals surface area contributed by atoms with E-state index >= 15 is 0 Å². The van der Waals surface area contributed by atoms with Gasteiger partial charge in [-0.05, 0) is 0 Å². The van der Waals surface area contributed by atoms with E-state index in [9.17, 15) is 27.6 Å². The maximum Gasteiger partial charge on any atom is 0.491 e. The third kappa shape index (κ3) is 11.4. The zero-order valence-corrected chi connectivity index (χ0v) is 12.5. The molecular weight excluding hydrogens is 333 g/mol. The molecule has 0 atom stereocenters. The van der Waals surface area contributed by atoms with Crippen molar-refractivity contribution in [1.82, 2.24) is 5.32 Å². The summed E-state index contributed by atoms with van der Waals surface area (Å²) in [7, 11) is 3.07. The number of halogens is 3. The van der Waals surface area contributed by atoms with E-state index < -0.39 is 30.4 Å². The number of hydrogen-bond donors (Lipinski definition) is 2. The van der Waals surface area contributed by atoms with Crippen LogP contribution in [0.2, 0.25) is 0 Å². The fourth-order valence-electron chi connectivity index (χ4n) is 0.914. The Morgan fingerprint density at radius 2 is 1.71 bits per heavy atom. The zero-order valence-electron chi connectivity index (χ0n) is 10.9. The van der Waals surface area contributed by atoms with Crippen molar-refractivity contribution in [2.24, 2.45) is 5.73 Å². The summed E-state index contributed by atoms with van der Waals surface area (Å²) >= 11 is 0. The van der Waals surface area contributed by atoms with E-state index in [0.717, 1.165) is 5.75 Å². The normalized spacial score (nSPS) is 11.0. The van der Waals surface area contributed by atoms with E-state index in [1.807, 2.05) is 0 Å². The Bertz CT molecular complexity index is 367. The van der Waals surface area contributed by atoms with Gasteiger partial charge < -0.3 is 15.8 Å². The average Bonchev–Trinajstić information content (AvgIpc) is 2.39. The first-order valence-electron chi connectivity index (χ1n) is 5.80. The summed E-state index contributed by atoms with van der Waals surface area (Å²) < 4.78 is 38.9. The Labute approximate surface area is 127 Å².